The van der Waals surface area contributed by atoms with E-state index >= 15 is 0 Å². The molecule has 5 unspecified atom stereocenters. The molecule has 1 aliphatic heterocycles. The fourth-order valence-corrected chi connectivity index (χ4v) is 3.10. The Kier molecular flexibility index (Phi) is 3.68. The third-order valence-corrected chi connectivity index (χ3v) is 4.67. The number of rotatable bonds is 2. The van der Waals surface area contributed by atoms with Crippen LogP contribution in [0.3, 0.4) is 0 Å². The van der Waals surface area contributed by atoms with Gasteiger partial charge in [-0.05, 0) is 43.4 Å². The molecule has 1 aliphatic carbocycles. The smallest absolute Gasteiger partial charge is 0.164 e. The quantitative estimate of drug-likeness (QED) is 0.720. The number of ketones is 1. The minimum Gasteiger partial charge on any atom is -0.370 e. The van der Waals surface area contributed by atoms with E-state index in [-0.39, 0.29) is 12.0 Å². The summed E-state index contributed by atoms with van der Waals surface area (Å²) in [5.74, 6) is 2.58. The van der Waals surface area contributed by atoms with Crippen LogP contribution in [0.5, 0.6) is 0 Å². The molecule has 2 aliphatic rings. The number of carbonyl (C=O) groups excluding carboxylic acids is 1. The highest BCUT2D eigenvalue weighted by molar-refractivity contribution is 5.86. The first kappa shape index (κ1) is 12.1. The first-order valence-corrected chi connectivity index (χ1v) is 6.75. The average Bonchev–Trinajstić information content (AvgIpc) is 2.67. The number of hydrogen-bond donors (Lipinski definition) is 0. The molecule has 0 amide bonds. The zero-order chi connectivity index (χ0) is 11.7. The summed E-state index contributed by atoms with van der Waals surface area (Å²) in [6, 6.07) is 0. The van der Waals surface area contributed by atoms with Crippen LogP contribution in [0.4, 0.5) is 0 Å². The van der Waals surface area contributed by atoms with Crippen molar-refractivity contribution in [1.29, 1.82) is 0 Å². The molecule has 92 valence electrons. The van der Waals surface area contributed by atoms with Crippen LogP contribution in [-0.2, 0) is 9.53 Å². The molecule has 0 aromatic heterocycles. The summed E-state index contributed by atoms with van der Waals surface area (Å²) in [5, 5.41) is 0. The van der Waals surface area contributed by atoms with E-state index in [0.29, 0.717) is 17.6 Å². The Morgan fingerprint density at radius 1 is 1.00 bits per heavy atom. The van der Waals surface area contributed by atoms with E-state index in [9.17, 15) is 4.79 Å². The van der Waals surface area contributed by atoms with Gasteiger partial charge in [0.15, 0.2) is 5.78 Å². The Bertz CT molecular complexity index is 261. The average molecular weight is 224 g/mol. The summed E-state index contributed by atoms with van der Waals surface area (Å²) in [7, 11) is 0. The van der Waals surface area contributed by atoms with Gasteiger partial charge in [-0.1, -0.05) is 20.8 Å². The molecule has 0 bridgehead atoms. The molecule has 2 rings (SSSR count). The first-order chi connectivity index (χ1) is 7.59. The number of ether oxygens (including phenoxy) is 1. The van der Waals surface area contributed by atoms with Gasteiger partial charge in [-0.25, -0.2) is 0 Å². The minimum atomic E-state index is -0.0920. The summed E-state index contributed by atoms with van der Waals surface area (Å²) in [6.07, 6.45) is 4.32. The van der Waals surface area contributed by atoms with Crippen LogP contribution in [0.2, 0.25) is 0 Å². The molecule has 2 heteroatoms. The molecular weight excluding hydrogens is 200 g/mol. The summed E-state index contributed by atoms with van der Waals surface area (Å²) in [6.45, 7) is 7.50. The van der Waals surface area contributed by atoms with Gasteiger partial charge in [-0.3, -0.25) is 4.79 Å². The summed E-state index contributed by atoms with van der Waals surface area (Å²) in [4.78, 5) is 12.3. The number of carbonyl (C=O) groups is 1. The third kappa shape index (κ3) is 2.32. The fraction of sp³-hybridized carbons (Fsp3) is 0.929. The Morgan fingerprint density at radius 3 is 2.31 bits per heavy atom. The summed E-state index contributed by atoms with van der Waals surface area (Å²) in [5.41, 5.74) is 0. The van der Waals surface area contributed by atoms with Gasteiger partial charge in [-0.2, -0.15) is 0 Å². The second-order valence-corrected chi connectivity index (χ2v) is 5.92. The predicted octanol–water partition coefficient (Wildman–Crippen LogP) is 3.05. The van der Waals surface area contributed by atoms with E-state index in [2.05, 4.69) is 20.8 Å². The number of Topliss-reactive ketones (excluding diaryl/α,β-unsaturated/α-hetero) is 1. The SMILES string of the molecule is CC1CCC(C(=O)C2OCCC2C)CC1C. The summed E-state index contributed by atoms with van der Waals surface area (Å²) < 4.78 is 5.59. The van der Waals surface area contributed by atoms with Gasteiger partial charge in [0.05, 0.1) is 0 Å². The standard InChI is InChI=1S/C14H24O2/c1-9-4-5-12(8-11(9)3)13(15)14-10(2)6-7-16-14/h9-12,14H,4-8H2,1-3H3. The van der Waals surface area contributed by atoms with Crippen LogP contribution in [0.1, 0.15) is 46.5 Å². The highest BCUT2D eigenvalue weighted by atomic mass is 16.5. The molecule has 2 fully saturated rings. The maximum atomic E-state index is 12.3. The van der Waals surface area contributed by atoms with Gasteiger partial charge in [-0.15, -0.1) is 0 Å². The highest BCUT2D eigenvalue weighted by Gasteiger charge is 2.37. The van der Waals surface area contributed by atoms with Gasteiger partial charge in [0.25, 0.3) is 0 Å². The zero-order valence-corrected chi connectivity index (χ0v) is 10.7. The maximum absolute atomic E-state index is 12.3. The van der Waals surface area contributed by atoms with Crippen LogP contribution >= 0.6 is 0 Å². The molecule has 0 radical (unpaired) electrons. The molecule has 1 saturated carbocycles. The normalized spacial score (nSPS) is 44.6. The Balaban J connectivity index is 1.95. The van der Waals surface area contributed by atoms with Gasteiger partial charge in [0.2, 0.25) is 0 Å². The van der Waals surface area contributed by atoms with Crippen molar-refractivity contribution in [3.8, 4) is 0 Å². The lowest BCUT2D eigenvalue weighted by atomic mass is 9.73. The fourth-order valence-electron chi connectivity index (χ4n) is 3.10. The Hall–Kier alpha value is -0.370. The molecule has 1 heterocycles. The number of hydrogen-bond acceptors (Lipinski definition) is 2. The van der Waals surface area contributed by atoms with Crippen molar-refractivity contribution in [1.82, 2.24) is 0 Å². The molecule has 0 aromatic carbocycles. The molecule has 0 N–H and O–H groups in total. The van der Waals surface area contributed by atoms with E-state index in [4.69, 9.17) is 4.74 Å². The van der Waals surface area contributed by atoms with Gasteiger partial charge >= 0.3 is 0 Å². The molecule has 1 saturated heterocycles. The Morgan fingerprint density at radius 2 is 1.75 bits per heavy atom. The lowest BCUT2D eigenvalue weighted by molar-refractivity contribution is -0.135. The van der Waals surface area contributed by atoms with E-state index in [1.165, 1.54) is 6.42 Å². The van der Waals surface area contributed by atoms with Crippen LogP contribution < -0.4 is 0 Å². The van der Waals surface area contributed by atoms with E-state index in [1.54, 1.807) is 0 Å². The topological polar surface area (TPSA) is 26.3 Å². The van der Waals surface area contributed by atoms with Crippen molar-refractivity contribution in [2.75, 3.05) is 6.61 Å². The van der Waals surface area contributed by atoms with E-state index < -0.39 is 0 Å². The monoisotopic (exact) mass is 224 g/mol. The van der Waals surface area contributed by atoms with Crippen LogP contribution in [0.25, 0.3) is 0 Å². The minimum absolute atomic E-state index is 0.0920. The lowest BCUT2D eigenvalue weighted by Crippen LogP contribution is -2.35. The van der Waals surface area contributed by atoms with Gasteiger partial charge < -0.3 is 4.74 Å². The molecule has 0 aromatic rings. The molecule has 0 spiro atoms. The molecule has 16 heavy (non-hydrogen) atoms. The predicted molar refractivity (Wildman–Crippen MR) is 64.2 cm³/mol. The zero-order valence-electron chi connectivity index (χ0n) is 10.7. The van der Waals surface area contributed by atoms with Crippen molar-refractivity contribution in [3.63, 3.8) is 0 Å². The first-order valence-electron chi connectivity index (χ1n) is 6.75. The van der Waals surface area contributed by atoms with Crippen molar-refractivity contribution >= 4 is 5.78 Å². The second kappa shape index (κ2) is 4.87. The summed E-state index contributed by atoms with van der Waals surface area (Å²) >= 11 is 0. The third-order valence-electron chi connectivity index (χ3n) is 4.67. The maximum Gasteiger partial charge on any atom is 0.164 e. The molecule has 2 nitrogen and oxygen atoms in total. The largest absolute Gasteiger partial charge is 0.370 e. The van der Waals surface area contributed by atoms with Crippen molar-refractivity contribution in [3.05, 3.63) is 0 Å². The van der Waals surface area contributed by atoms with Crippen LogP contribution in [0.15, 0.2) is 0 Å². The second-order valence-electron chi connectivity index (χ2n) is 5.92. The van der Waals surface area contributed by atoms with Crippen molar-refractivity contribution in [2.45, 2.75) is 52.6 Å². The highest BCUT2D eigenvalue weighted by Crippen LogP contribution is 2.36. The molecule has 5 atom stereocenters. The lowest BCUT2D eigenvalue weighted by Gasteiger charge is -2.32. The molecular formula is C14H24O2. The van der Waals surface area contributed by atoms with E-state index in [0.717, 1.165) is 31.8 Å². The van der Waals surface area contributed by atoms with Crippen LogP contribution in [-0.4, -0.2) is 18.5 Å². The van der Waals surface area contributed by atoms with Crippen molar-refractivity contribution < 1.29 is 9.53 Å². The van der Waals surface area contributed by atoms with Crippen LogP contribution in [0, 0.1) is 23.7 Å². The Labute approximate surface area is 98.7 Å². The van der Waals surface area contributed by atoms with E-state index in [1.807, 2.05) is 0 Å². The van der Waals surface area contributed by atoms with Gasteiger partial charge in [0.1, 0.15) is 6.10 Å². The van der Waals surface area contributed by atoms with Gasteiger partial charge in [0, 0.05) is 12.5 Å². The van der Waals surface area contributed by atoms with Crippen molar-refractivity contribution in [2.24, 2.45) is 23.7 Å².